The number of benzene rings is 1. The molecular weight excluding hydrogens is 406 g/mol. The van der Waals surface area contributed by atoms with Gasteiger partial charge in [0.05, 0.1) is 12.3 Å². The van der Waals surface area contributed by atoms with E-state index in [2.05, 4.69) is 5.16 Å². The number of carbonyl (C=O) groups excluding carboxylic acids is 2. The molecule has 0 atom stereocenters. The smallest absolute Gasteiger partial charge is 0.259 e. The van der Waals surface area contributed by atoms with E-state index in [0.717, 1.165) is 0 Å². The lowest BCUT2D eigenvalue weighted by Gasteiger charge is -2.41. The molecule has 30 heavy (non-hydrogen) atoms. The highest BCUT2D eigenvalue weighted by Gasteiger charge is 2.39. The van der Waals surface area contributed by atoms with Gasteiger partial charge in [-0.05, 0) is 49.9 Å². The van der Waals surface area contributed by atoms with Crippen molar-refractivity contribution in [2.75, 3.05) is 19.7 Å². The van der Waals surface area contributed by atoms with Gasteiger partial charge in [0.15, 0.2) is 0 Å². The van der Waals surface area contributed by atoms with Crippen LogP contribution in [-0.2, 0) is 4.79 Å². The van der Waals surface area contributed by atoms with Crippen LogP contribution in [0.25, 0.3) is 0 Å². The molecular formula is C22H28ClN3O4. The van der Waals surface area contributed by atoms with Crippen molar-refractivity contribution in [2.45, 2.75) is 46.0 Å². The molecule has 2 amide bonds. The largest absolute Gasteiger partial charge is 0.493 e. The van der Waals surface area contributed by atoms with Crippen LogP contribution in [0.2, 0.25) is 5.02 Å². The minimum Gasteiger partial charge on any atom is -0.493 e. The Labute approximate surface area is 181 Å². The summed E-state index contributed by atoms with van der Waals surface area (Å²) in [7, 11) is 0. The van der Waals surface area contributed by atoms with Gasteiger partial charge in [-0.2, -0.15) is 0 Å². The Morgan fingerprint density at radius 1 is 1.27 bits per heavy atom. The quantitative estimate of drug-likeness (QED) is 0.713. The van der Waals surface area contributed by atoms with E-state index in [1.54, 1.807) is 36.1 Å². The van der Waals surface area contributed by atoms with Gasteiger partial charge < -0.3 is 19.9 Å². The van der Waals surface area contributed by atoms with Crippen LogP contribution in [0.5, 0.6) is 5.75 Å². The standard InChI is InChI=1S/C22H28ClN3O4/c1-14(2)20-19(15(3)30-25-20)21(28)26-10-8-22(9-11-26,12-18(24)27)13-29-17-6-4-16(23)5-7-17/h4-7,14H,8-13H2,1-3H3,(H2,24,27). The van der Waals surface area contributed by atoms with Gasteiger partial charge in [0.2, 0.25) is 5.91 Å². The maximum Gasteiger partial charge on any atom is 0.259 e. The zero-order valence-electron chi connectivity index (χ0n) is 17.6. The van der Waals surface area contributed by atoms with Crippen LogP contribution in [0.4, 0.5) is 0 Å². The molecule has 2 aromatic rings. The van der Waals surface area contributed by atoms with Crippen molar-refractivity contribution < 1.29 is 18.8 Å². The molecule has 2 N–H and O–H groups in total. The van der Waals surface area contributed by atoms with Crippen LogP contribution < -0.4 is 10.5 Å². The van der Waals surface area contributed by atoms with Gasteiger partial charge in [-0.3, -0.25) is 9.59 Å². The lowest BCUT2D eigenvalue weighted by molar-refractivity contribution is -0.121. The summed E-state index contributed by atoms with van der Waals surface area (Å²) < 4.78 is 11.2. The van der Waals surface area contributed by atoms with Crippen molar-refractivity contribution in [2.24, 2.45) is 11.1 Å². The summed E-state index contributed by atoms with van der Waals surface area (Å²) in [5, 5.41) is 4.69. The first kappa shape index (κ1) is 22.2. The highest BCUT2D eigenvalue weighted by Crippen LogP contribution is 2.37. The SMILES string of the molecule is Cc1onc(C(C)C)c1C(=O)N1CCC(COc2ccc(Cl)cc2)(CC(N)=O)CC1. The third kappa shape index (κ3) is 4.95. The van der Waals surface area contributed by atoms with Gasteiger partial charge in [0, 0.05) is 29.9 Å². The summed E-state index contributed by atoms with van der Waals surface area (Å²) in [4.78, 5) is 26.7. The first-order valence-electron chi connectivity index (χ1n) is 10.1. The Morgan fingerprint density at radius 3 is 2.47 bits per heavy atom. The lowest BCUT2D eigenvalue weighted by Crippen LogP contribution is -2.47. The van der Waals surface area contributed by atoms with E-state index in [4.69, 9.17) is 26.6 Å². The molecule has 0 aliphatic carbocycles. The van der Waals surface area contributed by atoms with E-state index in [9.17, 15) is 9.59 Å². The summed E-state index contributed by atoms with van der Waals surface area (Å²) in [6, 6.07) is 7.10. The highest BCUT2D eigenvalue weighted by atomic mass is 35.5. The minimum atomic E-state index is -0.410. The number of primary amides is 1. The highest BCUT2D eigenvalue weighted by molar-refractivity contribution is 6.30. The molecule has 1 aliphatic heterocycles. The zero-order valence-corrected chi connectivity index (χ0v) is 18.4. The van der Waals surface area contributed by atoms with E-state index in [0.29, 0.717) is 60.3 Å². The molecule has 1 saturated heterocycles. The van der Waals surface area contributed by atoms with Crippen molar-refractivity contribution in [3.05, 3.63) is 46.3 Å². The molecule has 7 nitrogen and oxygen atoms in total. The second kappa shape index (κ2) is 9.08. The summed E-state index contributed by atoms with van der Waals surface area (Å²) in [5.74, 6) is 0.857. The number of likely N-dealkylation sites (tertiary alicyclic amines) is 1. The van der Waals surface area contributed by atoms with Gasteiger partial charge in [-0.25, -0.2) is 0 Å². The third-order valence-corrected chi connectivity index (χ3v) is 5.92. The number of nitrogens with two attached hydrogens (primary N) is 1. The Hall–Kier alpha value is -2.54. The normalized spacial score (nSPS) is 16.0. The molecule has 162 valence electrons. The van der Waals surface area contributed by atoms with Gasteiger partial charge in [-0.15, -0.1) is 0 Å². The monoisotopic (exact) mass is 433 g/mol. The summed E-state index contributed by atoms with van der Waals surface area (Å²) in [6.45, 7) is 7.10. The average molecular weight is 434 g/mol. The minimum absolute atomic E-state index is 0.0799. The van der Waals surface area contributed by atoms with Crippen LogP contribution in [0.1, 0.15) is 60.8 Å². The molecule has 8 heteroatoms. The van der Waals surface area contributed by atoms with Gasteiger partial charge >= 0.3 is 0 Å². The molecule has 3 rings (SSSR count). The second-order valence-electron chi connectivity index (χ2n) is 8.33. The predicted octanol–water partition coefficient (Wildman–Crippen LogP) is 3.94. The van der Waals surface area contributed by atoms with Crippen molar-refractivity contribution >= 4 is 23.4 Å². The predicted molar refractivity (Wildman–Crippen MR) is 114 cm³/mol. The summed E-state index contributed by atoms with van der Waals surface area (Å²) in [5.41, 5.74) is 6.34. The molecule has 1 aromatic heterocycles. The average Bonchev–Trinajstić information content (AvgIpc) is 3.09. The zero-order chi connectivity index (χ0) is 21.9. The molecule has 2 heterocycles. The number of rotatable bonds is 7. The lowest BCUT2D eigenvalue weighted by atomic mass is 9.76. The maximum absolute atomic E-state index is 13.1. The van der Waals surface area contributed by atoms with E-state index >= 15 is 0 Å². The van der Waals surface area contributed by atoms with E-state index in [1.807, 2.05) is 13.8 Å². The second-order valence-corrected chi connectivity index (χ2v) is 8.77. The number of nitrogens with zero attached hydrogens (tertiary/aromatic N) is 2. The first-order valence-corrected chi connectivity index (χ1v) is 10.5. The molecule has 1 fully saturated rings. The fraction of sp³-hybridized carbons (Fsp3) is 0.500. The van der Waals surface area contributed by atoms with Gasteiger partial charge in [0.1, 0.15) is 17.1 Å². The van der Waals surface area contributed by atoms with E-state index in [-0.39, 0.29) is 24.2 Å². The van der Waals surface area contributed by atoms with Crippen molar-refractivity contribution in [1.82, 2.24) is 10.1 Å². The van der Waals surface area contributed by atoms with Crippen molar-refractivity contribution in [3.63, 3.8) is 0 Å². The van der Waals surface area contributed by atoms with Crippen LogP contribution in [0.15, 0.2) is 28.8 Å². The fourth-order valence-corrected chi connectivity index (χ4v) is 4.02. The number of aromatic nitrogens is 1. The van der Waals surface area contributed by atoms with Gasteiger partial charge in [-0.1, -0.05) is 30.6 Å². The molecule has 0 unspecified atom stereocenters. The topological polar surface area (TPSA) is 98.7 Å². The first-order chi connectivity index (χ1) is 14.2. The number of piperidine rings is 1. The van der Waals surface area contributed by atoms with E-state index < -0.39 is 5.41 Å². The van der Waals surface area contributed by atoms with Crippen LogP contribution in [0, 0.1) is 12.3 Å². The number of amides is 2. The van der Waals surface area contributed by atoms with E-state index in [1.165, 1.54) is 0 Å². The Morgan fingerprint density at radius 2 is 1.90 bits per heavy atom. The Balaban J connectivity index is 1.70. The van der Waals surface area contributed by atoms with Crippen molar-refractivity contribution in [3.8, 4) is 5.75 Å². The number of aryl methyl sites for hydroxylation is 1. The number of carbonyl (C=O) groups is 2. The molecule has 1 aliphatic rings. The third-order valence-electron chi connectivity index (χ3n) is 5.67. The summed E-state index contributed by atoms with van der Waals surface area (Å²) >= 11 is 5.92. The Bertz CT molecular complexity index is 900. The molecule has 0 spiro atoms. The van der Waals surface area contributed by atoms with Crippen LogP contribution in [0.3, 0.4) is 0 Å². The van der Waals surface area contributed by atoms with Crippen LogP contribution in [-0.4, -0.2) is 41.6 Å². The Kier molecular flexibility index (Phi) is 6.71. The fourth-order valence-electron chi connectivity index (χ4n) is 3.89. The molecule has 0 bridgehead atoms. The summed E-state index contributed by atoms with van der Waals surface area (Å²) in [6.07, 6.45) is 1.46. The number of ether oxygens (including phenoxy) is 1. The van der Waals surface area contributed by atoms with Crippen LogP contribution >= 0.6 is 11.6 Å². The number of hydrogen-bond acceptors (Lipinski definition) is 5. The number of halogens is 1. The molecule has 0 saturated carbocycles. The molecule has 0 radical (unpaired) electrons. The molecule has 1 aromatic carbocycles. The maximum atomic E-state index is 13.1. The number of hydrogen-bond donors (Lipinski definition) is 1. The van der Waals surface area contributed by atoms with Gasteiger partial charge in [0.25, 0.3) is 5.91 Å². The van der Waals surface area contributed by atoms with Crippen molar-refractivity contribution in [1.29, 1.82) is 0 Å².